The number of hydrogen-bond donors (Lipinski definition) is 1. The third-order valence-electron chi connectivity index (χ3n) is 1.73. The molecular weight excluding hydrogens is 178 g/mol. The minimum atomic E-state index is -0.655. The molecule has 1 atom stereocenters. The molecule has 0 aliphatic rings. The predicted molar refractivity (Wildman–Crippen MR) is 52.4 cm³/mol. The second-order valence-electron chi connectivity index (χ2n) is 3.00. The van der Waals surface area contributed by atoms with Gasteiger partial charge in [0.1, 0.15) is 11.7 Å². The van der Waals surface area contributed by atoms with Gasteiger partial charge in [0.25, 0.3) is 0 Å². The summed E-state index contributed by atoms with van der Waals surface area (Å²) < 4.78 is 0. The second kappa shape index (κ2) is 4.38. The zero-order chi connectivity index (χ0) is 10.6. The van der Waals surface area contributed by atoms with Crippen LogP contribution in [0.15, 0.2) is 18.2 Å². The quantitative estimate of drug-likeness (QED) is 0.766. The fourth-order valence-electron chi connectivity index (χ4n) is 0.906. The molecule has 0 aromatic carbocycles. The van der Waals surface area contributed by atoms with Gasteiger partial charge in [-0.25, -0.2) is 4.98 Å². The van der Waals surface area contributed by atoms with E-state index in [0.717, 1.165) is 5.69 Å². The SMILES string of the molecule is Cc1cccc(NC(=O)C(C)C#N)n1. The Morgan fingerprint density at radius 1 is 1.64 bits per heavy atom. The zero-order valence-corrected chi connectivity index (χ0v) is 8.11. The van der Waals surface area contributed by atoms with Gasteiger partial charge < -0.3 is 5.32 Å². The van der Waals surface area contributed by atoms with Crippen LogP contribution < -0.4 is 5.32 Å². The van der Waals surface area contributed by atoms with E-state index in [9.17, 15) is 4.79 Å². The molecular formula is C10H11N3O. The van der Waals surface area contributed by atoms with E-state index in [4.69, 9.17) is 5.26 Å². The first-order valence-electron chi connectivity index (χ1n) is 4.27. The van der Waals surface area contributed by atoms with Crippen molar-refractivity contribution in [2.24, 2.45) is 5.92 Å². The predicted octanol–water partition coefficient (Wildman–Crippen LogP) is 1.49. The third-order valence-corrected chi connectivity index (χ3v) is 1.73. The molecule has 1 aromatic rings. The molecule has 1 rings (SSSR count). The van der Waals surface area contributed by atoms with Gasteiger partial charge in [-0.15, -0.1) is 0 Å². The van der Waals surface area contributed by atoms with Crippen molar-refractivity contribution in [2.75, 3.05) is 5.32 Å². The van der Waals surface area contributed by atoms with Crippen LogP contribution in [0.2, 0.25) is 0 Å². The average molecular weight is 189 g/mol. The number of rotatable bonds is 2. The molecule has 1 N–H and O–H groups in total. The monoisotopic (exact) mass is 189 g/mol. The lowest BCUT2D eigenvalue weighted by molar-refractivity contribution is -0.117. The molecule has 1 amide bonds. The maximum Gasteiger partial charge on any atom is 0.242 e. The summed E-state index contributed by atoms with van der Waals surface area (Å²) >= 11 is 0. The van der Waals surface area contributed by atoms with Gasteiger partial charge in [-0.2, -0.15) is 5.26 Å². The molecule has 0 radical (unpaired) electrons. The normalized spacial score (nSPS) is 11.5. The Morgan fingerprint density at radius 3 is 2.93 bits per heavy atom. The van der Waals surface area contributed by atoms with Crippen LogP contribution >= 0.6 is 0 Å². The first-order valence-corrected chi connectivity index (χ1v) is 4.27. The summed E-state index contributed by atoms with van der Waals surface area (Å²) in [4.78, 5) is 15.4. The number of carbonyl (C=O) groups excluding carboxylic acids is 1. The van der Waals surface area contributed by atoms with E-state index in [2.05, 4.69) is 10.3 Å². The van der Waals surface area contributed by atoms with Gasteiger partial charge in [-0.3, -0.25) is 4.79 Å². The Labute approximate surface area is 82.6 Å². The molecule has 0 aliphatic carbocycles. The lowest BCUT2D eigenvalue weighted by Gasteiger charge is -2.05. The third kappa shape index (κ3) is 2.56. The molecule has 0 aliphatic heterocycles. The van der Waals surface area contributed by atoms with Crippen LogP contribution in [0.4, 0.5) is 5.82 Å². The van der Waals surface area contributed by atoms with Gasteiger partial charge in [-0.05, 0) is 26.0 Å². The van der Waals surface area contributed by atoms with Crippen LogP contribution in [0.3, 0.4) is 0 Å². The molecule has 0 saturated carbocycles. The topological polar surface area (TPSA) is 65.8 Å². The largest absolute Gasteiger partial charge is 0.310 e. The van der Waals surface area contributed by atoms with Crippen molar-refractivity contribution in [3.63, 3.8) is 0 Å². The standard InChI is InChI=1S/C10H11N3O/c1-7(6-11)10(14)13-9-5-3-4-8(2)12-9/h3-5,7H,1-2H3,(H,12,13,14). The van der Waals surface area contributed by atoms with Gasteiger partial charge in [0.05, 0.1) is 6.07 Å². The maximum atomic E-state index is 11.3. The van der Waals surface area contributed by atoms with E-state index in [-0.39, 0.29) is 5.91 Å². The second-order valence-corrected chi connectivity index (χ2v) is 3.00. The van der Waals surface area contributed by atoms with Crippen molar-refractivity contribution < 1.29 is 4.79 Å². The summed E-state index contributed by atoms with van der Waals surface area (Å²) in [6, 6.07) is 7.19. The number of carbonyl (C=O) groups is 1. The Balaban J connectivity index is 2.71. The molecule has 4 nitrogen and oxygen atoms in total. The zero-order valence-electron chi connectivity index (χ0n) is 8.11. The highest BCUT2D eigenvalue weighted by Crippen LogP contribution is 2.05. The highest BCUT2D eigenvalue weighted by atomic mass is 16.1. The molecule has 1 heterocycles. The number of hydrogen-bond acceptors (Lipinski definition) is 3. The van der Waals surface area contributed by atoms with Gasteiger partial charge in [0.15, 0.2) is 0 Å². The Bertz CT molecular complexity index is 381. The summed E-state index contributed by atoms with van der Waals surface area (Å²) in [5.41, 5.74) is 0.826. The maximum absolute atomic E-state index is 11.3. The molecule has 0 fully saturated rings. The highest BCUT2D eigenvalue weighted by molar-refractivity contribution is 5.92. The fourth-order valence-corrected chi connectivity index (χ4v) is 0.906. The molecule has 72 valence electrons. The van der Waals surface area contributed by atoms with Crippen molar-refractivity contribution in [2.45, 2.75) is 13.8 Å². The molecule has 0 saturated heterocycles. The Morgan fingerprint density at radius 2 is 2.36 bits per heavy atom. The highest BCUT2D eigenvalue weighted by Gasteiger charge is 2.11. The van der Waals surface area contributed by atoms with Crippen LogP contribution in [-0.2, 0) is 4.79 Å². The van der Waals surface area contributed by atoms with Crippen LogP contribution in [-0.4, -0.2) is 10.9 Å². The van der Waals surface area contributed by atoms with E-state index < -0.39 is 5.92 Å². The summed E-state index contributed by atoms with van der Waals surface area (Å²) in [5.74, 6) is -0.500. The summed E-state index contributed by atoms with van der Waals surface area (Å²) in [5, 5.41) is 11.1. The first-order chi connectivity index (χ1) is 6.63. The van der Waals surface area contributed by atoms with E-state index in [1.165, 1.54) is 0 Å². The fraction of sp³-hybridized carbons (Fsp3) is 0.300. The van der Waals surface area contributed by atoms with Gasteiger partial charge in [0, 0.05) is 5.69 Å². The molecule has 0 spiro atoms. The van der Waals surface area contributed by atoms with Crippen molar-refractivity contribution in [1.82, 2.24) is 4.98 Å². The smallest absolute Gasteiger partial charge is 0.242 e. The molecule has 14 heavy (non-hydrogen) atoms. The van der Waals surface area contributed by atoms with Crippen LogP contribution in [0.5, 0.6) is 0 Å². The number of nitrogens with one attached hydrogen (secondary N) is 1. The average Bonchev–Trinajstić information content (AvgIpc) is 2.16. The summed E-state index contributed by atoms with van der Waals surface area (Å²) in [6.45, 7) is 3.38. The van der Waals surface area contributed by atoms with E-state index >= 15 is 0 Å². The summed E-state index contributed by atoms with van der Waals surface area (Å²) in [7, 11) is 0. The van der Waals surface area contributed by atoms with Crippen LogP contribution in [0.1, 0.15) is 12.6 Å². The van der Waals surface area contributed by atoms with Gasteiger partial charge in [0.2, 0.25) is 5.91 Å². The van der Waals surface area contributed by atoms with E-state index in [0.29, 0.717) is 5.82 Å². The number of anilines is 1. The van der Waals surface area contributed by atoms with Crippen molar-refractivity contribution in [3.05, 3.63) is 23.9 Å². The van der Waals surface area contributed by atoms with Crippen LogP contribution in [0, 0.1) is 24.2 Å². The number of amides is 1. The van der Waals surface area contributed by atoms with Gasteiger partial charge >= 0.3 is 0 Å². The number of pyridine rings is 1. The lowest BCUT2D eigenvalue weighted by Crippen LogP contribution is -2.19. The molecule has 1 aromatic heterocycles. The minimum absolute atomic E-state index is 0.328. The minimum Gasteiger partial charge on any atom is -0.310 e. The number of aromatic nitrogens is 1. The molecule has 1 unspecified atom stereocenters. The van der Waals surface area contributed by atoms with Crippen molar-refractivity contribution in [1.29, 1.82) is 5.26 Å². The Kier molecular flexibility index (Phi) is 3.19. The van der Waals surface area contributed by atoms with Crippen molar-refractivity contribution in [3.8, 4) is 6.07 Å². The van der Waals surface area contributed by atoms with Crippen molar-refractivity contribution >= 4 is 11.7 Å². The van der Waals surface area contributed by atoms with Gasteiger partial charge in [-0.1, -0.05) is 6.07 Å². The van der Waals surface area contributed by atoms with E-state index in [1.807, 2.05) is 19.1 Å². The number of nitriles is 1. The lowest BCUT2D eigenvalue weighted by atomic mass is 10.2. The summed E-state index contributed by atoms with van der Waals surface area (Å²) in [6.07, 6.45) is 0. The van der Waals surface area contributed by atoms with Crippen LogP contribution in [0.25, 0.3) is 0 Å². The number of aryl methyl sites for hydroxylation is 1. The number of nitrogens with zero attached hydrogens (tertiary/aromatic N) is 2. The molecule has 0 bridgehead atoms. The Hall–Kier alpha value is -1.89. The molecule has 4 heteroatoms. The van der Waals surface area contributed by atoms with E-state index in [1.54, 1.807) is 19.1 Å². The first kappa shape index (κ1) is 10.2.